The number of carboxylic acids is 2. The van der Waals surface area contributed by atoms with Crippen LogP contribution < -0.4 is 21.7 Å². The van der Waals surface area contributed by atoms with Crippen molar-refractivity contribution >= 4 is 46.5 Å². The number of benzene rings is 1. The Balaban J connectivity index is 1.66. The summed E-state index contributed by atoms with van der Waals surface area (Å²) < 4.78 is 0. The van der Waals surface area contributed by atoms with Gasteiger partial charge in [0.2, 0.25) is 5.95 Å². The third-order valence-electron chi connectivity index (χ3n) is 4.65. The van der Waals surface area contributed by atoms with E-state index >= 15 is 0 Å². The fourth-order valence-electron chi connectivity index (χ4n) is 3.01. The molecule has 1 aromatic carbocycles. The van der Waals surface area contributed by atoms with Crippen molar-refractivity contribution in [1.82, 2.24) is 25.3 Å². The van der Waals surface area contributed by atoms with Crippen molar-refractivity contribution in [2.75, 3.05) is 23.4 Å². The Bertz CT molecular complexity index is 1160. The zero-order valence-electron chi connectivity index (χ0n) is 17.1. The van der Waals surface area contributed by atoms with Crippen LogP contribution in [0.1, 0.15) is 29.0 Å². The molecule has 1 amide bonds. The molecule has 0 saturated heterocycles. The molecular formula is C19H22N8O5. The molecule has 0 unspecified atom stereocenters. The van der Waals surface area contributed by atoms with Gasteiger partial charge >= 0.3 is 11.9 Å². The first-order valence-corrected chi connectivity index (χ1v) is 9.48. The number of carbonyl (C=O) groups is 3. The lowest BCUT2D eigenvalue weighted by Gasteiger charge is -2.18. The first-order valence-electron chi connectivity index (χ1n) is 9.48. The molecule has 0 fully saturated rings. The van der Waals surface area contributed by atoms with E-state index in [0.717, 1.165) is 5.69 Å². The molecule has 2 aromatic heterocycles. The van der Waals surface area contributed by atoms with Gasteiger partial charge in [0.25, 0.3) is 5.91 Å². The molecular weight excluding hydrogens is 420 g/mol. The van der Waals surface area contributed by atoms with Crippen LogP contribution in [0.15, 0.2) is 24.3 Å². The molecule has 32 heavy (non-hydrogen) atoms. The molecule has 0 aliphatic rings. The number of carbonyl (C=O) groups excluding carboxylic acids is 1. The molecule has 0 spiro atoms. The van der Waals surface area contributed by atoms with Gasteiger partial charge in [0.15, 0.2) is 11.5 Å². The fourth-order valence-corrected chi connectivity index (χ4v) is 3.01. The highest BCUT2D eigenvalue weighted by molar-refractivity contribution is 5.97. The monoisotopic (exact) mass is 442 g/mol. The molecule has 0 aliphatic carbocycles. The van der Waals surface area contributed by atoms with E-state index in [1.165, 1.54) is 0 Å². The van der Waals surface area contributed by atoms with Crippen LogP contribution in [0.5, 0.6) is 0 Å². The number of aromatic amines is 1. The van der Waals surface area contributed by atoms with Crippen LogP contribution in [0.25, 0.3) is 11.2 Å². The molecule has 1 atom stereocenters. The summed E-state index contributed by atoms with van der Waals surface area (Å²) in [6, 6.07) is 5.17. The smallest absolute Gasteiger partial charge is 0.326 e. The lowest BCUT2D eigenvalue weighted by Crippen LogP contribution is -2.41. The van der Waals surface area contributed by atoms with Gasteiger partial charge in [-0.2, -0.15) is 9.97 Å². The number of nitrogens with zero attached hydrogens (tertiary/aromatic N) is 4. The van der Waals surface area contributed by atoms with Crippen LogP contribution in [0.3, 0.4) is 0 Å². The zero-order valence-corrected chi connectivity index (χ0v) is 17.1. The minimum absolute atomic E-state index is 0.0309. The van der Waals surface area contributed by atoms with Crippen molar-refractivity contribution in [2.45, 2.75) is 25.4 Å². The van der Waals surface area contributed by atoms with Gasteiger partial charge in [-0.05, 0) is 30.7 Å². The molecule has 2 heterocycles. The van der Waals surface area contributed by atoms with Crippen LogP contribution in [-0.4, -0.2) is 61.1 Å². The van der Waals surface area contributed by atoms with Gasteiger partial charge in [0.05, 0.1) is 6.54 Å². The summed E-state index contributed by atoms with van der Waals surface area (Å²) in [6.07, 6.45) is -0.581. The van der Waals surface area contributed by atoms with E-state index in [1.807, 2.05) is 11.9 Å². The van der Waals surface area contributed by atoms with Gasteiger partial charge in [-0.1, -0.05) is 0 Å². The summed E-state index contributed by atoms with van der Waals surface area (Å²) in [4.78, 5) is 51.5. The Kier molecular flexibility index (Phi) is 6.37. The number of nitrogen functional groups attached to an aromatic ring is 2. The SMILES string of the molecule is CN(Cc1nc2nc(N)nc(N)c2[nH]1)c1ccc(C(=O)N[C@H](CCC(=O)O)C(=O)O)cc1. The number of amides is 1. The van der Waals surface area contributed by atoms with E-state index in [2.05, 4.69) is 25.3 Å². The molecule has 0 bridgehead atoms. The number of H-pyrrole nitrogens is 1. The maximum Gasteiger partial charge on any atom is 0.326 e. The number of aliphatic carboxylic acids is 2. The molecule has 0 saturated carbocycles. The van der Waals surface area contributed by atoms with Crippen LogP contribution >= 0.6 is 0 Å². The minimum atomic E-state index is -1.30. The van der Waals surface area contributed by atoms with E-state index < -0.39 is 23.9 Å². The molecule has 13 heteroatoms. The van der Waals surface area contributed by atoms with Crippen molar-refractivity contribution in [3.8, 4) is 0 Å². The van der Waals surface area contributed by atoms with E-state index in [9.17, 15) is 19.5 Å². The number of carboxylic acid groups (broad SMARTS) is 2. The van der Waals surface area contributed by atoms with E-state index in [0.29, 0.717) is 23.5 Å². The lowest BCUT2D eigenvalue weighted by atomic mass is 10.1. The molecule has 0 radical (unpaired) electrons. The Hall–Kier alpha value is -4.42. The van der Waals surface area contributed by atoms with E-state index in [-0.39, 0.29) is 30.2 Å². The number of aromatic nitrogens is 4. The standard InChI is InChI=1S/C19H22N8O5/c1-27(8-12-23-14-15(20)25-19(21)26-16(14)24-12)10-4-2-9(3-5-10)17(30)22-11(18(31)32)6-7-13(28)29/h2-5,11H,6-8H2,1H3,(H,22,30)(H,28,29)(H,31,32)(H5,20,21,23,24,25,26)/t11-/m1/s1. The van der Waals surface area contributed by atoms with Crippen molar-refractivity contribution in [3.63, 3.8) is 0 Å². The van der Waals surface area contributed by atoms with Gasteiger partial charge in [0, 0.05) is 24.7 Å². The van der Waals surface area contributed by atoms with Crippen LogP contribution in [0.2, 0.25) is 0 Å². The highest BCUT2D eigenvalue weighted by Crippen LogP contribution is 2.19. The maximum atomic E-state index is 12.3. The topological polar surface area (TPSA) is 213 Å². The number of rotatable bonds is 9. The third kappa shape index (κ3) is 5.19. The summed E-state index contributed by atoms with van der Waals surface area (Å²) in [5.74, 6) is -2.23. The second-order valence-corrected chi connectivity index (χ2v) is 7.05. The number of fused-ring (bicyclic) bond motifs is 1. The second kappa shape index (κ2) is 9.16. The highest BCUT2D eigenvalue weighted by atomic mass is 16.4. The molecule has 13 nitrogen and oxygen atoms in total. The largest absolute Gasteiger partial charge is 0.481 e. The third-order valence-corrected chi connectivity index (χ3v) is 4.65. The quantitative estimate of drug-likeness (QED) is 0.263. The average molecular weight is 442 g/mol. The predicted octanol–water partition coefficient (Wildman–Crippen LogP) is 0.202. The summed E-state index contributed by atoms with van der Waals surface area (Å²) in [6.45, 7) is 0.373. The normalized spacial score (nSPS) is 11.8. The molecule has 8 N–H and O–H groups in total. The fraction of sp³-hybridized carbons (Fsp3) is 0.263. The van der Waals surface area contributed by atoms with Crippen molar-refractivity contribution in [1.29, 1.82) is 0 Å². The first-order chi connectivity index (χ1) is 15.1. The predicted molar refractivity (Wildman–Crippen MR) is 115 cm³/mol. The molecule has 3 rings (SSSR count). The van der Waals surface area contributed by atoms with Gasteiger partial charge in [-0.3, -0.25) is 9.59 Å². The number of anilines is 3. The summed E-state index contributed by atoms with van der Waals surface area (Å²) in [5.41, 5.74) is 13.3. The van der Waals surface area contributed by atoms with Gasteiger partial charge in [0.1, 0.15) is 17.4 Å². The van der Waals surface area contributed by atoms with E-state index in [1.54, 1.807) is 24.3 Å². The zero-order chi connectivity index (χ0) is 23.4. The second-order valence-electron chi connectivity index (χ2n) is 7.05. The van der Waals surface area contributed by atoms with E-state index in [4.69, 9.17) is 16.6 Å². The van der Waals surface area contributed by atoms with Gasteiger partial charge in [-0.25, -0.2) is 9.78 Å². The van der Waals surface area contributed by atoms with Crippen LogP contribution in [0, 0.1) is 0 Å². The van der Waals surface area contributed by atoms with Crippen LogP contribution in [0.4, 0.5) is 17.5 Å². The summed E-state index contributed by atoms with van der Waals surface area (Å²) in [7, 11) is 1.82. The molecule has 168 valence electrons. The lowest BCUT2D eigenvalue weighted by molar-refractivity contribution is -0.140. The van der Waals surface area contributed by atoms with Gasteiger partial charge in [-0.15, -0.1) is 0 Å². The Morgan fingerprint density at radius 1 is 1.12 bits per heavy atom. The van der Waals surface area contributed by atoms with Crippen molar-refractivity contribution in [3.05, 3.63) is 35.7 Å². The Morgan fingerprint density at radius 2 is 1.81 bits per heavy atom. The maximum absolute atomic E-state index is 12.3. The molecule has 0 aliphatic heterocycles. The first kappa shape index (κ1) is 22.3. The van der Waals surface area contributed by atoms with Crippen LogP contribution in [-0.2, 0) is 16.1 Å². The average Bonchev–Trinajstić information content (AvgIpc) is 3.13. The number of nitrogens with two attached hydrogens (primary N) is 2. The Morgan fingerprint density at radius 3 is 2.44 bits per heavy atom. The number of nitrogens with one attached hydrogen (secondary N) is 2. The van der Waals surface area contributed by atoms with Crippen molar-refractivity contribution in [2.24, 2.45) is 0 Å². The van der Waals surface area contributed by atoms with Crippen molar-refractivity contribution < 1.29 is 24.6 Å². The molecule has 3 aromatic rings. The Labute approximate surface area is 181 Å². The number of hydrogen-bond donors (Lipinski definition) is 6. The van der Waals surface area contributed by atoms with Gasteiger partial charge < -0.3 is 36.9 Å². The highest BCUT2D eigenvalue weighted by Gasteiger charge is 2.21. The minimum Gasteiger partial charge on any atom is -0.481 e. The number of imidazole rings is 1. The summed E-state index contributed by atoms with van der Waals surface area (Å²) >= 11 is 0. The number of hydrogen-bond acceptors (Lipinski definition) is 9. The summed E-state index contributed by atoms with van der Waals surface area (Å²) in [5, 5.41) is 20.2.